The number of amides is 1. The molecule has 6 heteroatoms. The van der Waals surface area contributed by atoms with Crippen LogP contribution in [0.1, 0.15) is 24.0 Å². The number of benzene rings is 2. The van der Waals surface area contributed by atoms with Gasteiger partial charge in [0, 0.05) is 29.6 Å². The zero-order valence-electron chi connectivity index (χ0n) is 13.9. The number of carbonyl (C=O) groups excluding carboxylic acids is 1. The molecule has 3 aromatic rings. The van der Waals surface area contributed by atoms with E-state index in [0.717, 1.165) is 11.9 Å². The number of aryl methyl sites for hydroxylation is 1. The highest BCUT2D eigenvalue weighted by atomic mass is 16.6. The van der Waals surface area contributed by atoms with Gasteiger partial charge < -0.3 is 10.3 Å². The number of aromatic amines is 1. The zero-order chi connectivity index (χ0) is 17.8. The van der Waals surface area contributed by atoms with Crippen molar-refractivity contribution in [1.82, 2.24) is 4.98 Å². The van der Waals surface area contributed by atoms with Gasteiger partial charge >= 0.3 is 0 Å². The van der Waals surface area contributed by atoms with E-state index in [-0.39, 0.29) is 11.6 Å². The SMILES string of the molecule is Cc1c(NC(=O)CCCc2c[nH]c3ccccc23)cccc1[N+](=O)[O-]. The van der Waals surface area contributed by atoms with Gasteiger partial charge in [0.2, 0.25) is 5.91 Å². The van der Waals surface area contributed by atoms with Gasteiger partial charge in [0.05, 0.1) is 16.2 Å². The molecule has 0 aliphatic carbocycles. The second-order valence-electron chi connectivity index (χ2n) is 5.97. The van der Waals surface area contributed by atoms with Crippen molar-refractivity contribution >= 4 is 28.2 Å². The highest BCUT2D eigenvalue weighted by Crippen LogP contribution is 2.25. The van der Waals surface area contributed by atoms with Crippen LogP contribution < -0.4 is 5.32 Å². The lowest BCUT2D eigenvalue weighted by atomic mass is 10.1. The van der Waals surface area contributed by atoms with Crippen molar-refractivity contribution in [3.05, 3.63) is 69.9 Å². The number of aromatic nitrogens is 1. The van der Waals surface area contributed by atoms with Gasteiger partial charge in [-0.2, -0.15) is 0 Å². The molecule has 0 unspecified atom stereocenters. The van der Waals surface area contributed by atoms with Gasteiger partial charge in [-0.15, -0.1) is 0 Å². The molecule has 0 aliphatic rings. The van der Waals surface area contributed by atoms with Crippen LogP contribution in [0.4, 0.5) is 11.4 Å². The quantitative estimate of drug-likeness (QED) is 0.518. The maximum atomic E-state index is 12.1. The van der Waals surface area contributed by atoms with E-state index in [9.17, 15) is 14.9 Å². The molecule has 1 heterocycles. The number of carbonyl (C=O) groups is 1. The van der Waals surface area contributed by atoms with Crippen LogP contribution in [0.25, 0.3) is 10.9 Å². The summed E-state index contributed by atoms with van der Waals surface area (Å²) in [6.45, 7) is 1.64. The Labute approximate surface area is 145 Å². The molecule has 0 aliphatic heterocycles. The predicted octanol–water partition coefficient (Wildman–Crippen LogP) is 4.35. The summed E-state index contributed by atoms with van der Waals surface area (Å²) >= 11 is 0. The van der Waals surface area contributed by atoms with Crippen LogP contribution in [0.5, 0.6) is 0 Å². The number of para-hydroxylation sites is 1. The minimum absolute atomic E-state index is 0.0107. The molecule has 0 spiro atoms. The summed E-state index contributed by atoms with van der Waals surface area (Å²) in [4.78, 5) is 25.9. The molecule has 3 rings (SSSR count). The molecule has 0 fully saturated rings. The molecule has 25 heavy (non-hydrogen) atoms. The normalized spacial score (nSPS) is 10.8. The van der Waals surface area contributed by atoms with Crippen molar-refractivity contribution in [2.45, 2.75) is 26.2 Å². The Morgan fingerprint density at radius 2 is 2.00 bits per heavy atom. The highest BCUT2D eigenvalue weighted by Gasteiger charge is 2.14. The Hall–Kier alpha value is -3.15. The lowest BCUT2D eigenvalue weighted by molar-refractivity contribution is -0.385. The molecule has 2 N–H and O–H groups in total. The Kier molecular flexibility index (Phi) is 4.79. The predicted molar refractivity (Wildman–Crippen MR) is 97.7 cm³/mol. The van der Waals surface area contributed by atoms with Gasteiger partial charge in [0.25, 0.3) is 5.69 Å². The summed E-state index contributed by atoms with van der Waals surface area (Å²) < 4.78 is 0. The van der Waals surface area contributed by atoms with Crippen LogP contribution >= 0.6 is 0 Å². The molecule has 0 saturated heterocycles. The number of H-pyrrole nitrogens is 1. The third kappa shape index (κ3) is 3.68. The first-order valence-corrected chi connectivity index (χ1v) is 8.15. The van der Waals surface area contributed by atoms with Crippen molar-refractivity contribution in [2.24, 2.45) is 0 Å². The molecule has 0 atom stereocenters. The van der Waals surface area contributed by atoms with Gasteiger partial charge in [-0.3, -0.25) is 14.9 Å². The average Bonchev–Trinajstić information content (AvgIpc) is 3.00. The fourth-order valence-corrected chi connectivity index (χ4v) is 2.95. The number of rotatable bonds is 6. The summed E-state index contributed by atoms with van der Waals surface area (Å²) in [7, 11) is 0. The standard InChI is InChI=1S/C19H19N3O3/c1-13-16(9-5-10-18(13)22(24)25)21-19(23)11-4-6-14-12-20-17-8-3-2-7-15(14)17/h2-3,5,7-10,12,20H,4,6,11H2,1H3,(H,21,23). The number of nitrogens with one attached hydrogen (secondary N) is 2. The minimum atomic E-state index is -0.442. The van der Waals surface area contributed by atoms with Gasteiger partial charge in [-0.25, -0.2) is 0 Å². The maximum Gasteiger partial charge on any atom is 0.274 e. The fourth-order valence-electron chi connectivity index (χ4n) is 2.95. The molecule has 6 nitrogen and oxygen atoms in total. The van der Waals surface area contributed by atoms with Crippen LogP contribution in [0, 0.1) is 17.0 Å². The number of hydrogen-bond donors (Lipinski definition) is 2. The first kappa shape index (κ1) is 16.7. The Bertz CT molecular complexity index is 931. The van der Waals surface area contributed by atoms with Crippen LogP contribution in [-0.2, 0) is 11.2 Å². The zero-order valence-corrected chi connectivity index (χ0v) is 13.9. The second-order valence-corrected chi connectivity index (χ2v) is 5.97. The van der Waals surface area contributed by atoms with E-state index in [1.165, 1.54) is 17.0 Å². The van der Waals surface area contributed by atoms with Crippen LogP contribution in [0.3, 0.4) is 0 Å². The van der Waals surface area contributed by atoms with Crippen molar-refractivity contribution < 1.29 is 9.72 Å². The third-order valence-electron chi connectivity index (χ3n) is 4.30. The van der Waals surface area contributed by atoms with Crippen molar-refractivity contribution in [1.29, 1.82) is 0 Å². The number of fused-ring (bicyclic) bond motifs is 1. The lowest BCUT2D eigenvalue weighted by Gasteiger charge is -2.08. The molecule has 0 saturated carbocycles. The number of anilines is 1. The molecule has 128 valence electrons. The van der Waals surface area contributed by atoms with Crippen molar-refractivity contribution in [2.75, 3.05) is 5.32 Å². The van der Waals surface area contributed by atoms with Crippen LogP contribution in [-0.4, -0.2) is 15.8 Å². The first-order valence-electron chi connectivity index (χ1n) is 8.15. The van der Waals surface area contributed by atoms with Crippen LogP contribution in [0.2, 0.25) is 0 Å². The Morgan fingerprint density at radius 1 is 1.20 bits per heavy atom. The first-order chi connectivity index (χ1) is 12.1. The number of hydrogen-bond acceptors (Lipinski definition) is 3. The molecule has 1 amide bonds. The molecular formula is C19H19N3O3. The highest BCUT2D eigenvalue weighted by molar-refractivity contribution is 5.92. The van der Waals surface area contributed by atoms with E-state index in [0.29, 0.717) is 24.1 Å². The Morgan fingerprint density at radius 3 is 2.80 bits per heavy atom. The number of nitro groups is 1. The van der Waals surface area contributed by atoms with Crippen molar-refractivity contribution in [3.8, 4) is 0 Å². The molecule has 1 aromatic heterocycles. The minimum Gasteiger partial charge on any atom is -0.361 e. The van der Waals surface area contributed by atoms with Gasteiger partial charge in [-0.05, 0) is 37.5 Å². The molecule has 0 radical (unpaired) electrons. The van der Waals surface area contributed by atoms with Gasteiger partial charge in [-0.1, -0.05) is 24.3 Å². The molecule has 2 aromatic carbocycles. The lowest BCUT2D eigenvalue weighted by Crippen LogP contribution is -2.12. The van der Waals surface area contributed by atoms with E-state index in [1.54, 1.807) is 19.1 Å². The second kappa shape index (κ2) is 7.17. The van der Waals surface area contributed by atoms with E-state index in [1.807, 2.05) is 24.4 Å². The van der Waals surface area contributed by atoms with E-state index in [2.05, 4.69) is 16.4 Å². The number of nitrogens with zero attached hydrogens (tertiary/aromatic N) is 1. The topological polar surface area (TPSA) is 88.0 Å². The fraction of sp³-hybridized carbons (Fsp3) is 0.211. The number of nitro benzene ring substituents is 1. The van der Waals surface area contributed by atoms with Crippen LogP contribution in [0.15, 0.2) is 48.7 Å². The summed E-state index contributed by atoms with van der Waals surface area (Å²) in [6.07, 6.45) is 3.85. The average molecular weight is 337 g/mol. The monoisotopic (exact) mass is 337 g/mol. The summed E-state index contributed by atoms with van der Waals surface area (Å²) in [6, 6.07) is 12.8. The third-order valence-corrected chi connectivity index (χ3v) is 4.30. The summed E-state index contributed by atoms with van der Waals surface area (Å²) in [5.41, 5.74) is 3.25. The van der Waals surface area contributed by atoms with Crippen molar-refractivity contribution in [3.63, 3.8) is 0 Å². The van der Waals surface area contributed by atoms with Gasteiger partial charge in [0.1, 0.15) is 0 Å². The van der Waals surface area contributed by atoms with E-state index in [4.69, 9.17) is 0 Å². The van der Waals surface area contributed by atoms with E-state index >= 15 is 0 Å². The molecule has 0 bridgehead atoms. The summed E-state index contributed by atoms with van der Waals surface area (Å²) in [5, 5.41) is 14.9. The summed E-state index contributed by atoms with van der Waals surface area (Å²) in [5.74, 6) is -0.136. The Balaban J connectivity index is 1.59. The molecular weight excluding hydrogens is 318 g/mol. The van der Waals surface area contributed by atoms with E-state index < -0.39 is 4.92 Å². The smallest absolute Gasteiger partial charge is 0.274 e. The van der Waals surface area contributed by atoms with Gasteiger partial charge in [0.15, 0.2) is 0 Å². The maximum absolute atomic E-state index is 12.1. The largest absolute Gasteiger partial charge is 0.361 e.